The summed E-state index contributed by atoms with van der Waals surface area (Å²) in [7, 11) is 5.20. The SMILES string of the molecule is C/C=C\C(F)=C(\COc1cc(CC)cn2c(C(=O)NCC(C)(N)CP)c(C)nc12)C(C)P. The van der Waals surface area contributed by atoms with E-state index in [-0.39, 0.29) is 24.0 Å². The third-order valence-electron chi connectivity index (χ3n) is 5.21. The normalized spacial score (nSPS) is 15.5. The maximum Gasteiger partial charge on any atom is 0.270 e. The van der Waals surface area contributed by atoms with Crippen LogP contribution in [0.5, 0.6) is 5.75 Å². The molecule has 0 radical (unpaired) electrons. The molecule has 0 bridgehead atoms. The van der Waals surface area contributed by atoms with Crippen LogP contribution in [0.4, 0.5) is 4.39 Å². The van der Waals surface area contributed by atoms with E-state index in [2.05, 4.69) is 28.8 Å². The monoisotopic (exact) mass is 480 g/mol. The Morgan fingerprint density at radius 2 is 2.19 bits per heavy atom. The molecule has 2 aromatic rings. The van der Waals surface area contributed by atoms with Crippen molar-refractivity contribution in [3.8, 4) is 5.75 Å². The van der Waals surface area contributed by atoms with E-state index in [0.29, 0.717) is 41.1 Å². The van der Waals surface area contributed by atoms with E-state index < -0.39 is 5.54 Å². The van der Waals surface area contributed by atoms with Gasteiger partial charge < -0.3 is 15.8 Å². The lowest BCUT2D eigenvalue weighted by atomic mass is 10.1. The summed E-state index contributed by atoms with van der Waals surface area (Å²) in [5, 5.41) is 2.91. The molecule has 0 fully saturated rings. The molecular weight excluding hydrogens is 445 g/mol. The summed E-state index contributed by atoms with van der Waals surface area (Å²) in [5.74, 6) is -0.0460. The highest BCUT2D eigenvalue weighted by molar-refractivity contribution is 7.18. The van der Waals surface area contributed by atoms with Crippen molar-refractivity contribution < 1.29 is 13.9 Å². The minimum atomic E-state index is -0.522. The van der Waals surface area contributed by atoms with Crippen molar-refractivity contribution in [3.63, 3.8) is 0 Å². The predicted octanol–water partition coefficient (Wildman–Crippen LogP) is 3.97. The topological polar surface area (TPSA) is 81.7 Å². The predicted molar refractivity (Wildman–Crippen MR) is 136 cm³/mol. The third kappa shape index (κ3) is 6.37. The number of halogens is 1. The van der Waals surface area contributed by atoms with Crippen molar-refractivity contribution in [2.75, 3.05) is 19.3 Å². The van der Waals surface area contributed by atoms with Crippen molar-refractivity contribution in [1.29, 1.82) is 0 Å². The van der Waals surface area contributed by atoms with E-state index in [0.717, 1.165) is 12.0 Å². The molecule has 9 heteroatoms. The molecule has 32 heavy (non-hydrogen) atoms. The molecule has 2 rings (SSSR count). The summed E-state index contributed by atoms with van der Waals surface area (Å²) in [6.07, 6.45) is 6.38. The Labute approximate surface area is 194 Å². The van der Waals surface area contributed by atoms with Crippen molar-refractivity contribution in [1.82, 2.24) is 14.7 Å². The number of aryl methyl sites for hydroxylation is 2. The Bertz CT molecular complexity index is 1030. The first-order chi connectivity index (χ1) is 15.0. The molecule has 0 saturated carbocycles. The quantitative estimate of drug-likeness (QED) is 0.398. The third-order valence-corrected chi connectivity index (χ3v) is 6.55. The molecule has 4 atom stereocenters. The number of nitrogens with one attached hydrogen (secondary N) is 1. The fraction of sp³-hybridized carbons (Fsp3) is 0.478. The van der Waals surface area contributed by atoms with Crippen LogP contribution >= 0.6 is 18.5 Å². The number of aromatic nitrogens is 2. The molecule has 0 spiro atoms. The Morgan fingerprint density at radius 3 is 2.75 bits per heavy atom. The standard InChI is InChI=1S/C23H35FN4O2P2/c1-6-8-18(24)17(15(4)32)11-30-19-9-16(7-2)10-28-20(14(3)27-21(19)28)22(29)26-12-23(5,25)13-31/h6,8-10,15H,7,11-13,25,31-32H2,1-5H3,(H,26,29)/b8-6-,18-17+. The average molecular weight is 481 g/mol. The van der Waals surface area contributed by atoms with E-state index in [1.165, 1.54) is 6.08 Å². The van der Waals surface area contributed by atoms with Gasteiger partial charge in [-0.25, -0.2) is 9.37 Å². The van der Waals surface area contributed by atoms with Crippen molar-refractivity contribution in [2.45, 2.75) is 52.2 Å². The number of hydrogen-bond donors (Lipinski definition) is 2. The molecule has 0 aliphatic carbocycles. The van der Waals surface area contributed by atoms with Gasteiger partial charge in [-0.15, -0.1) is 18.5 Å². The van der Waals surface area contributed by atoms with Crippen LogP contribution in [-0.4, -0.2) is 45.8 Å². The maximum absolute atomic E-state index is 14.5. The van der Waals surface area contributed by atoms with Gasteiger partial charge in [0.2, 0.25) is 0 Å². The Morgan fingerprint density at radius 1 is 1.50 bits per heavy atom. The van der Waals surface area contributed by atoms with Crippen molar-refractivity contribution in [2.24, 2.45) is 5.73 Å². The lowest BCUT2D eigenvalue weighted by Crippen LogP contribution is -2.49. The number of fused-ring (bicyclic) bond motifs is 1. The van der Waals surface area contributed by atoms with Gasteiger partial charge in [0.15, 0.2) is 11.4 Å². The largest absolute Gasteiger partial charge is 0.485 e. The van der Waals surface area contributed by atoms with E-state index >= 15 is 0 Å². The van der Waals surface area contributed by atoms with Crippen LogP contribution in [-0.2, 0) is 6.42 Å². The Kier molecular flexibility index (Phi) is 9.39. The van der Waals surface area contributed by atoms with Crippen molar-refractivity contribution >= 4 is 30.0 Å². The number of imidazole rings is 1. The first-order valence-electron chi connectivity index (χ1n) is 10.7. The zero-order valence-corrected chi connectivity index (χ0v) is 21.8. The molecule has 176 valence electrons. The second-order valence-corrected chi connectivity index (χ2v) is 9.71. The van der Waals surface area contributed by atoms with Gasteiger partial charge in [0, 0.05) is 23.9 Å². The van der Waals surface area contributed by atoms with Gasteiger partial charge in [-0.1, -0.05) is 19.9 Å². The number of hydrogen-bond acceptors (Lipinski definition) is 4. The van der Waals surface area contributed by atoms with Gasteiger partial charge in [0.05, 0.1) is 5.69 Å². The zero-order valence-electron chi connectivity index (χ0n) is 19.5. The minimum absolute atomic E-state index is 0.0802. The van der Waals surface area contributed by atoms with Gasteiger partial charge in [-0.05, 0) is 56.7 Å². The fourth-order valence-electron chi connectivity index (χ4n) is 3.12. The van der Waals surface area contributed by atoms with Gasteiger partial charge in [0.25, 0.3) is 5.91 Å². The molecule has 6 nitrogen and oxygen atoms in total. The zero-order chi connectivity index (χ0) is 24.1. The maximum atomic E-state index is 14.5. The van der Waals surface area contributed by atoms with E-state index in [4.69, 9.17) is 10.5 Å². The number of carbonyl (C=O) groups is 1. The number of pyridine rings is 1. The van der Waals surface area contributed by atoms with Crippen LogP contribution < -0.4 is 15.8 Å². The summed E-state index contributed by atoms with van der Waals surface area (Å²) in [4.78, 5) is 17.6. The van der Waals surface area contributed by atoms with Crippen LogP contribution in [0.2, 0.25) is 0 Å². The van der Waals surface area contributed by atoms with Crippen LogP contribution in [0.3, 0.4) is 0 Å². The molecule has 3 N–H and O–H groups in total. The van der Waals surface area contributed by atoms with Gasteiger partial charge >= 0.3 is 0 Å². The highest BCUT2D eigenvalue weighted by Gasteiger charge is 2.23. The molecular formula is C23H35FN4O2P2. The first kappa shape index (κ1) is 26.4. The summed E-state index contributed by atoms with van der Waals surface area (Å²) in [5.41, 5.74) is 8.60. The molecule has 0 aliphatic heterocycles. The second kappa shape index (κ2) is 11.4. The number of rotatable bonds is 10. The van der Waals surface area contributed by atoms with E-state index in [1.54, 1.807) is 24.3 Å². The minimum Gasteiger partial charge on any atom is -0.485 e. The van der Waals surface area contributed by atoms with E-state index in [1.807, 2.05) is 33.0 Å². The molecule has 1 amide bonds. The summed E-state index contributed by atoms with van der Waals surface area (Å²) < 4.78 is 22.3. The number of amides is 1. The van der Waals surface area contributed by atoms with Gasteiger partial charge in [-0.2, -0.15) is 0 Å². The molecule has 4 unspecified atom stereocenters. The van der Waals surface area contributed by atoms with Crippen LogP contribution in [0.1, 0.15) is 49.4 Å². The Balaban J connectivity index is 2.45. The molecule has 2 heterocycles. The fourth-order valence-corrected chi connectivity index (χ4v) is 3.52. The average Bonchev–Trinajstić information content (AvgIpc) is 3.07. The molecule has 2 aromatic heterocycles. The van der Waals surface area contributed by atoms with E-state index in [9.17, 15) is 9.18 Å². The van der Waals surface area contributed by atoms with Gasteiger partial charge in [0.1, 0.15) is 18.1 Å². The highest BCUT2D eigenvalue weighted by atomic mass is 31.0. The molecule has 0 aromatic carbocycles. The summed E-state index contributed by atoms with van der Waals surface area (Å²) >= 11 is 0. The number of nitrogens with two attached hydrogens (primary N) is 1. The number of carbonyl (C=O) groups excluding carboxylic acids is 1. The van der Waals surface area contributed by atoms with Crippen molar-refractivity contribution in [3.05, 3.63) is 52.8 Å². The van der Waals surface area contributed by atoms with Crippen LogP contribution in [0, 0.1) is 6.92 Å². The number of nitrogens with zero attached hydrogens (tertiary/aromatic N) is 2. The second-order valence-electron chi connectivity index (χ2n) is 8.30. The summed E-state index contributed by atoms with van der Waals surface area (Å²) in [6, 6.07) is 1.90. The van der Waals surface area contributed by atoms with Crippen LogP contribution in [0.25, 0.3) is 5.65 Å². The smallest absolute Gasteiger partial charge is 0.270 e. The molecule has 0 aliphatic rings. The Hall–Kier alpha value is -1.81. The highest BCUT2D eigenvalue weighted by Crippen LogP contribution is 2.27. The lowest BCUT2D eigenvalue weighted by Gasteiger charge is -2.22. The van der Waals surface area contributed by atoms with Gasteiger partial charge in [-0.3, -0.25) is 9.20 Å². The lowest BCUT2D eigenvalue weighted by molar-refractivity contribution is 0.0940. The number of allylic oxidation sites excluding steroid dienone is 3. The molecule has 0 saturated heterocycles. The number of ether oxygens (including phenoxy) is 1. The van der Waals surface area contributed by atoms with Crippen LogP contribution in [0.15, 0.2) is 35.8 Å². The first-order valence-corrected chi connectivity index (χ1v) is 12.2. The summed E-state index contributed by atoms with van der Waals surface area (Å²) in [6.45, 7) is 9.78.